The van der Waals surface area contributed by atoms with Gasteiger partial charge in [-0.25, -0.2) is 0 Å². The lowest BCUT2D eigenvalue weighted by Crippen LogP contribution is -2.38. The summed E-state index contributed by atoms with van der Waals surface area (Å²) in [4.78, 5) is 40.8. The number of anilines is 1. The number of amides is 2. The van der Waals surface area contributed by atoms with Gasteiger partial charge in [0.1, 0.15) is 16.7 Å². The predicted molar refractivity (Wildman–Crippen MR) is 186 cm³/mol. The third-order valence-corrected chi connectivity index (χ3v) is 9.35. The molecule has 2 N–H and O–H groups in total. The number of nitrogens with zero attached hydrogens (tertiary/aromatic N) is 2. The predicted octanol–water partition coefficient (Wildman–Crippen LogP) is 6.59. The lowest BCUT2D eigenvalue weighted by molar-refractivity contribution is -0.138. The van der Waals surface area contributed by atoms with Crippen LogP contribution in [0.2, 0.25) is 5.02 Å². The number of hydrogen-bond donors (Lipinski definition) is 2. The molecule has 0 atom stereocenters. The molecule has 0 radical (unpaired) electrons. The van der Waals surface area contributed by atoms with Crippen LogP contribution in [0.5, 0.6) is 5.75 Å². The summed E-state index contributed by atoms with van der Waals surface area (Å²) < 4.78 is 52.0. The summed E-state index contributed by atoms with van der Waals surface area (Å²) in [6.07, 6.45) is -3.23. The molecule has 49 heavy (non-hydrogen) atoms. The van der Waals surface area contributed by atoms with E-state index in [9.17, 15) is 27.6 Å². The fourth-order valence-corrected chi connectivity index (χ4v) is 6.82. The first kappa shape index (κ1) is 36.3. The number of alkyl halides is 3. The molecule has 0 aliphatic carbocycles. The zero-order valence-electron chi connectivity index (χ0n) is 25.9. The van der Waals surface area contributed by atoms with Gasteiger partial charge in [-0.2, -0.15) is 13.2 Å². The summed E-state index contributed by atoms with van der Waals surface area (Å²) in [5.41, 5.74) is 1.49. The lowest BCUT2D eigenvalue weighted by atomic mass is 10.00. The molecule has 3 aromatic carbocycles. The number of nitrogens with one attached hydrogen (secondary N) is 1. The van der Waals surface area contributed by atoms with Crippen molar-refractivity contribution in [2.45, 2.75) is 19.0 Å². The summed E-state index contributed by atoms with van der Waals surface area (Å²) >= 11 is 12.6. The minimum Gasteiger partial charge on any atom is -0.492 e. The number of carboxylic acid groups (broad SMARTS) is 1. The molecule has 0 bridgehead atoms. The van der Waals surface area contributed by atoms with Gasteiger partial charge >= 0.3 is 12.1 Å². The molecule has 3 aromatic rings. The van der Waals surface area contributed by atoms with Crippen LogP contribution < -0.4 is 10.1 Å². The Balaban J connectivity index is 1.30. The first-order valence-corrected chi connectivity index (χ1v) is 16.8. The molecule has 2 aliphatic rings. The van der Waals surface area contributed by atoms with Crippen LogP contribution in [0.25, 0.3) is 17.2 Å². The van der Waals surface area contributed by atoms with Gasteiger partial charge in [0, 0.05) is 43.9 Å². The van der Waals surface area contributed by atoms with Crippen LogP contribution in [-0.2, 0) is 31.7 Å². The molecule has 0 saturated carbocycles. The fourth-order valence-electron chi connectivity index (χ4n) is 5.23. The summed E-state index contributed by atoms with van der Waals surface area (Å²) in [5, 5.41) is 11.3. The molecule has 0 unspecified atom stereocenters. The van der Waals surface area contributed by atoms with E-state index in [0.717, 1.165) is 30.9 Å². The SMILES string of the molecule is O=C(O)Cc1cccc(NC(=O)CCN2C(=O)/C(=C/c3ccc(OCCN4CCOCC4)c(-c4ccc(C(F)(F)F)c(Cl)c4)c3)SC2=S)c1. The first-order chi connectivity index (χ1) is 23.4. The maximum absolute atomic E-state index is 13.4. The molecule has 2 saturated heterocycles. The Kier molecular flexibility index (Phi) is 12.0. The van der Waals surface area contributed by atoms with E-state index >= 15 is 0 Å². The van der Waals surface area contributed by atoms with E-state index in [1.807, 2.05) is 0 Å². The van der Waals surface area contributed by atoms with Crippen molar-refractivity contribution >= 4 is 69.4 Å². The zero-order valence-corrected chi connectivity index (χ0v) is 28.3. The second-order valence-corrected chi connectivity index (χ2v) is 13.2. The quantitative estimate of drug-likeness (QED) is 0.157. The van der Waals surface area contributed by atoms with Gasteiger partial charge in [-0.3, -0.25) is 24.2 Å². The van der Waals surface area contributed by atoms with Gasteiger partial charge in [-0.05, 0) is 59.2 Å². The number of halogens is 4. The van der Waals surface area contributed by atoms with Crippen LogP contribution in [-0.4, -0.2) is 83.0 Å². The summed E-state index contributed by atoms with van der Waals surface area (Å²) in [6.45, 7) is 3.80. The Hall–Kier alpha value is -3.95. The van der Waals surface area contributed by atoms with E-state index in [0.29, 0.717) is 65.0 Å². The van der Waals surface area contributed by atoms with Crippen LogP contribution in [0.15, 0.2) is 65.6 Å². The molecule has 2 heterocycles. The molecule has 258 valence electrons. The van der Waals surface area contributed by atoms with E-state index in [4.69, 9.17) is 38.4 Å². The smallest absolute Gasteiger partial charge is 0.417 e. The van der Waals surface area contributed by atoms with Crippen molar-refractivity contribution in [3.63, 3.8) is 0 Å². The van der Waals surface area contributed by atoms with Crippen molar-refractivity contribution in [2.24, 2.45) is 0 Å². The number of thiocarbonyl (C=S) groups is 1. The van der Waals surface area contributed by atoms with Gasteiger partial charge < -0.3 is 19.9 Å². The number of ether oxygens (including phenoxy) is 2. The van der Waals surface area contributed by atoms with Gasteiger partial charge in [0.25, 0.3) is 5.91 Å². The van der Waals surface area contributed by atoms with Gasteiger partial charge in [0.05, 0.1) is 35.1 Å². The van der Waals surface area contributed by atoms with Gasteiger partial charge in [0.2, 0.25) is 5.91 Å². The second kappa shape index (κ2) is 16.2. The highest BCUT2D eigenvalue weighted by Gasteiger charge is 2.34. The largest absolute Gasteiger partial charge is 0.492 e. The Morgan fingerprint density at radius 3 is 2.57 bits per heavy atom. The maximum atomic E-state index is 13.4. The Morgan fingerprint density at radius 1 is 1.08 bits per heavy atom. The number of carbonyl (C=O) groups excluding carboxylic acids is 2. The standard InChI is InChI=1S/C34H31ClF3N3O6S2/c35-27-20-23(5-6-26(27)34(36,37)38)25-17-22(4-7-28(25)47-15-12-40-10-13-46-14-11-40)18-29-32(45)41(33(48)49-29)9-8-30(42)39-24-3-1-2-21(16-24)19-31(43)44/h1-7,16-18,20H,8-15,19H2,(H,39,42)(H,43,44)/b29-18-. The van der Waals surface area contributed by atoms with Crippen LogP contribution >= 0.6 is 35.6 Å². The van der Waals surface area contributed by atoms with Gasteiger partial charge in [-0.1, -0.05) is 59.8 Å². The third kappa shape index (κ3) is 9.82. The van der Waals surface area contributed by atoms with E-state index < -0.39 is 28.6 Å². The molecule has 2 amide bonds. The van der Waals surface area contributed by atoms with Crippen molar-refractivity contribution in [1.29, 1.82) is 0 Å². The lowest BCUT2D eigenvalue weighted by Gasteiger charge is -2.26. The highest BCUT2D eigenvalue weighted by molar-refractivity contribution is 8.26. The number of rotatable bonds is 12. The Labute approximate surface area is 295 Å². The number of carboxylic acids is 1. The van der Waals surface area contributed by atoms with E-state index in [-0.39, 0.29) is 29.6 Å². The number of thioether (sulfide) groups is 1. The topological polar surface area (TPSA) is 108 Å². The first-order valence-electron chi connectivity index (χ1n) is 15.2. The molecule has 0 aromatic heterocycles. The summed E-state index contributed by atoms with van der Waals surface area (Å²) in [6, 6.07) is 15.1. The highest BCUT2D eigenvalue weighted by atomic mass is 35.5. The maximum Gasteiger partial charge on any atom is 0.417 e. The van der Waals surface area contributed by atoms with Crippen LogP contribution in [0.4, 0.5) is 18.9 Å². The molecule has 9 nitrogen and oxygen atoms in total. The number of hydrogen-bond acceptors (Lipinski definition) is 8. The highest BCUT2D eigenvalue weighted by Crippen LogP contribution is 2.40. The van der Waals surface area contributed by atoms with Crippen molar-refractivity contribution in [3.05, 3.63) is 87.3 Å². The second-order valence-electron chi connectivity index (χ2n) is 11.2. The van der Waals surface area contributed by atoms with Crippen LogP contribution in [0, 0.1) is 0 Å². The average molecular weight is 734 g/mol. The number of carbonyl (C=O) groups is 3. The Bertz CT molecular complexity index is 1780. The molecular formula is C34H31ClF3N3O6S2. The zero-order chi connectivity index (χ0) is 35.1. The van der Waals surface area contributed by atoms with Crippen LogP contribution in [0.3, 0.4) is 0 Å². The normalized spacial score (nSPS) is 16.3. The third-order valence-electron chi connectivity index (χ3n) is 7.66. The van der Waals surface area contributed by atoms with Gasteiger partial charge in [0.15, 0.2) is 0 Å². The summed E-state index contributed by atoms with van der Waals surface area (Å²) in [5.74, 6) is -1.33. The average Bonchev–Trinajstić information content (AvgIpc) is 3.31. The van der Waals surface area contributed by atoms with Gasteiger partial charge in [-0.15, -0.1) is 0 Å². The van der Waals surface area contributed by atoms with E-state index in [2.05, 4.69) is 10.2 Å². The number of benzene rings is 3. The molecule has 5 rings (SSSR count). The van der Waals surface area contributed by atoms with Crippen LogP contribution in [0.1, 0.15) is 23.1 Å². The molecular weight excluding hydrogens is 703 g/mol. The number of morpholine rings is 1. The van der Waals surface area contributed by atoms with E-state index in [1.165, 1.54) is 17.0 Å². The van der Waals surface area contributed by atoms with Crippen molar-refractivity contribution < 1.29 is 42.1 Å². The summed E-state index contributed by atoms with van der Waals surface area (Å²) in [7, 11) is 0. The number of aliphatic carboxylic acids is 1. The van der Waals surface area contributed by atoms with Crippen molar-refractivity contribution in [2.75, 3.05) is 51.3 Å². The minimum atomic E-state index is -4.61. The van der Waals surface area contributed by atoms with E-state index in [1.54, 1.807) is 48.5 Å². The molecule has 0 spiro atoms. The molecule has 2 aliphatic heterocycles. The Morgan fingerprint density at radius 2 is 1.86 bits per heavy atom. The van der Waals surface area contributed by atoms with Crippen molar-refractivity contribution in [1.82, 2.24) is 9.80 Å². The monoisotopic (exact) mass is 733 g/mol. The van der Waals surface area contributed by atoms with Crippen molar-refractivity contribution in [3.8, 4) is 16.9 Å². The minimum absolute atomic E-state index is 0.0217. The molecule has 15 heteroatoms. The molecule has 2 fully saturated rings. The fraction of sp³-hybridized carbons (Fsp3) is 0.294.